The average molecular weight is 272 g/mol. The SMILES string of the molecule is C/C=C\C=C\CC1=NNC(C)(c2ccc(C)cc2)S1. The quantitative estimate of drug-likeness (QED) is 0.825. The van der Waals surface area contributed by atoms with E-state index in [1.165, 1.54) is 11.1 Å². The van der Waals surface area contributed by atoms with Gasteiger partial charge in [-0.1, -0.05) is 65.9 Å². The van der Waals surface area contributed by atoms with Crippen molar-refractivity contribution in [3.05, 3.63) is 59.7 Å². The van der Waals surface area contributed by atoms with Gasteiger partial charge in [-0.15, -0.1) is 0 Å². The molecule has 0 bridgehead atoms. The Morgan fingerprint density at radius 2 is 2.00 bits per heavy atom. The monoisotopic (exact) mass is 272 g/mol. The van der Waals surface area contributed by atoms with E-state index in [2.05, 4.69) is 60.8 Å². The van der Waals surface area contributed by atoms with Crippen LogP contribution < -0.4 is 5.43 Å². The van der Waals surface area contributed by atoms with Crippen molar-refractivity contribution in [2.24, 2.45) is 5.10 Å². The van der Waals surface area contributed by atoms with E-state index in [4.69, 9.17) is 0 Å². The number of hydrogen-bond donors (Lipinski definition) is 1. The normalized spacial score (nSPS) is 23.0. The Labute approximate surface area is 119 Å². The minimum absolute atomic E-state index is 0.141. The van der Waals surface area contributed by atoms with Gasteiger partial charge in [0.2, 0.25) is 0 Å². The maximum absolute atomic E-state index is 4.44. The fourth-order valence-electron chi connectivity index (χ4n) is 1.89. The highest BCUT2D eigenvalue weighted by molar-refractivity contribution is 8.14. The van der Waals surface area contributed by atoms with Gasteiger partial charge in [-0.05, 0) is 26.3 Å². The molecule has 0 spiro atoms. The minimum Gasteiger partial charge on any atom is -0.289 e. The molecule has 3 heteroatoms. The number of rotatable bonds is 4. The first-order valence-corrected chi connectivity index (χ1v) is 7.33. The van der Waals surface area contributed by atoms with Crippen LogP contribution >= 0.6 is 11.8 Å². The second-order valence-electron chi connectivity index (χ2n) is 4.78. The molecule has 1 N–H and O–H groups in total. The molecule has 1 aliphatic heterocycles. The van der Waals surface area contributed by atoms with Crippen LogP contribution in [0, 0.1) is 6.92 Å². The van der Waals surface area contributed by atoms with Crippen molar-refractivity contribution in [1.29, 1.82) is 0 Å². The molecule has 0 fully saturated rings. The van der Waals surface area contributed by atoms with Crippen LogP contribution in [0.25, 0.3) is 0 Å². The molecule has 0 radical (unpaired) electrons. The molecule has 0 saturated carbocycles. The lowest BCUT2D eigenvalue weighted by atomic mass is 10.1. The smallest absolute Gasteiger partial charge is 0.128 e. The summed E-state index contributed by atoms with van der Waals surface area (Å²) in [6, 6.07) is 8.63. The topological polar surface area (TPSA) is 24.4 Å². The molecule has 1 unspecified atom stereocenters. The number of nitrogens with zero attached hydrogens (tertiary/aromatic N) is 1. The summed E-state index contributed by atoms with van der Waals surface area (Å²) in [4.78, 5) is -0.141. The highest BCUT2D eigenvalue weighted by Crippen LogP contribution is 2.39. The first-order valence-electron chi connectivity index (χ1n) is 6.52. The highest BCUT2D eigenvalue weighted by atomic mass is 32.2. The number of hydrogen-bond acceptors (Lipinski definition) is 3. The fraction of sp³-hybridized carbons (Fsp3) is 0.312. The lowest BCUT2D eigenvalue weighted by Crippen LogP contribution is -2.28. The van der Waals surface area contributed by atoms with Crippen molar-refractivity contribution in [1.82, 2.24) is 5.43 Å². The van der Waals surface area contributed by atoms with Gasteiger partial charge < -0.3 is 0 Å². The van der Waals surface area contributed by atoms with E-state index in [9.17, 15) is 0 Å². The predicted molar refractivity (Wildman–Crippen MR) is 85.3 cm³/mol. The average Bonchev–Trinajstić information content (AvgIpc) is 2.78. The predicted octanol–water partition coefficient (Wildman–Crippen LogP) is 4.34. The van der Waals surface area contributed by atoms with Crippen molar-refractivity contribution < 1.29 is 0 Å². The van der Waals surface area contributed by atoms with Gasteiger partial charge >= 0.3 is 0 Å². The summed E-state index contributed by atoms with van der Waals surface area (Å²) in [5.74, 6) is 0. The molecule has 0 aliphatic carbocycles. The molecule has 1 heterocycles. The third-order valence-corrected chi connectivity index (χ3v) is 4.28. The van der Waals surface area contributed by atoms with Crippen LogP contribution in [0.2, 0.25) is 0 Å². The lowest BCUT2D eigenvalue weighted by molar-refractivity contribution is 0.562. The second-order valence-corrected chi connectivity index (χ2v) is 6.27. The summed E-state index contributed by atoms with van der Waals surface area (Å²) in [6.45, 7) is 6.30. The van der Waals surface area contributed by atoms with Crippen molar-refractivity contribution in [3.8, 4) is 0 Å². The van der Waals surface area contributed by atoms with Gasteiger partial charge in [-0.25, -0.2) is 0 Å². The van der Waals surface area contributed by atoms with Crippen molar-refractivity contribution in [3.63, 3.8) is 0 Å². The largest absolute Gasteiger partial charge is 0.289 e. The van der Waals surface area contributed by atoms with Crippen LogP contribution in [0.15, 0.2) is 53.7 Å². The van der Waals surface area contributed by atoms with E-state index in [0.717, 1.165) is 11.5 Å². The Morgan fingerprint density at radius 1 is 1.26 bits per heavy atom. The summed E-state index contributed by atoms with van der Waals surface area (Å²) in [7, 11) is 0. The van der Waals surface area contributed by atoms with Crippen LogP contribution in [0.3, 0.4) is 0 Å². The van der Waals surface area contributed by atoms with E-state index in [1.54, 1.807) is 11.8 Å². The summed E-state index contributed by atoms with van der Waals surface area (Å²) in [6.07, 6.45) is 9.13. The van der Waals surface area contributed by atoms with E-state index in [0.29, 0.717) is 0 Å². The van der Waals surface area contributed by atoms with Gasteiger partial charge in [0.05, 0.1) is 5.04 Å². The van der Waals surface area contributed by atoms with Crippen LogP contribution in [-0.2, 0) is 4.87 Å². The third-order valence-electron chi connectivity index (χ3n) is 3.05. The molecule has 1 aliphatic rings. The zero-order valence-electron chi connectivity index (χ0n) is 11.7. The van der Waals surface area contributed by atoms with Crippen LogP contribution in [0.4, 0.5) is 0 Å². The number of benzene rings is 1. The van der Waals surface area contributed by atoms with E-state index in [-0.39, 0.29) is 4.87 Å². The zero-order chi connectivity index (χ0) is 13.7. The minimum atomic E-state index is -0.141. The fourth-order valence-corrected chi connectivity index (χ4v) is 2.98. The standard InChI is InChI=1S/C16H20N2S/c1-4-5-6-7-8-15-17-18-16(3,19-15)14-11-9-13(2)10-12-14/h4-7,9-12,18H,8H2,1-3H3/b5-4-,7-6+. The summed E-state index contributed by atoms with van der Waals surface area (Å²) < 4.78 is 0. The number of thioether (sulfide) groups is 1. The second kappa shape index (κ2) is 6.11. The molecule has 2 rings (SSSR count). The van der Waals surface area contributed by atoms with Gasteiger partial charge in [0.1, 0.15) is 4.87 Å². The van der Waals surface area contributed by atoms with Gasteiger partial charge in [-0.3, -0.25) is 5.43 Å². The van der Waals surface area contributed by atoms with Crippen molar-refractivity contribution in [2.75, 3.05) is 0 Å². The van der Waals surface area contributed by atoms with E-state index >= 15 is 0 Å². The Hall–Kier alpha value is -1.48. The number of allylic oxidation sites excluding steroid dienone is 4. The van der Waals surface area contributed by atoms with Gasteiger partial charge in [0.15, 0.2) is 0 Å². The maximum atomic E-state index is 4.44. The van der Waals surface area contributed by atoms with Crippen LogP contribution in [0.1, 0.15) is 31.4 Å². The van der Waals surface area contributed by atoms with Gasteiger partial charge in [0.25, 0.3) is 0 Å². The number of aryl methyl sites for hydroxylation is 1. The molecule has 0 saturated heterocycles. The highest BCUT2D eigenvalue weighted by Gasteiger charge is 2.33. The molecule has 1 aromatic rings. The summed E-state index contributed by atoms with van der Waals surface area (Å²) in [5, 5.41) is 5.57. The molecule has 0 aromatic heterocycles. The number of nitrogens with one attached hydrogen (secondary N) is 1. The molecule has 2 nitrogen and oxygen atoms in total. The van der Waals surface area contributed by atoms with E-state index < -0.39 is 0 Å². The Bertz CT molecular complexity index is 514. The molecule has 100 valence electrons. The first-order chi connectivity index (χ1) is 9.14. The summed E-state index contributed by atoms with van der Waals surface area (Å²) in [5.41, 5.74) is 5.81. The Balaban J connectivity index is 2.00. The first kappa shape index (κ1) is 13.9. The van der Waals surface area contributed by atoms with Crippen molar-refractivity contribution in [2.45, 2.75) is 32.1 Å². The molecule has 1 aromatic carbocycles. The third kappa shape index (κ3) is 3.51. The van der Waals surface area contributed by atoms with Crippen LogP contribution in [-0.4, -0.2) is 5.04 Å². The lowest BCUT2D eigenvalue weighted by Gasteiger charge is -2.23. The summed E-state index contributed by atoms with van der Waals surface area (Å²) >= 11 is 1.79. The van der Waals surface area contributed by atoms with E-state index in [1.807, 2.05) is 19.1 Å². The number of hydrazone groups is 1. The van der Waals surface area contributed by atoms with Crippen molar-refractivity contribution >= 4 is 16.8 Å². The van der Waals surface area contributed by atoms with Gasteiger partial charge in [-0.2, -0.15) is 5.10 Å². The van der Waals surface area contributed by atoms with Gasteiger partial charge in [0, 0.05) is 6.42 Å². The zero-order valence-corrected chi connectivity index (χ0v) is 12.5. The molecule has 19 heavy (non-hydrogen) atoms. The molecular formula is C16H20N2S. The maximum Gasteiger partial charge on any atom is 0.128 e. The van der Waals surface area contributed by atoms with Crippen LogP contribution in [0.5, 0.6) is 0 Å². The Morgan fingerprint density at radius 3 is 2.68 bits per heavy atom. The molecule has 0 amide bonds. The Kier molecular flexibility index (Phi) is 4.48. The molecule has 1 atom stereocenters. The molecular weight excluding hydrogens is 252 g/mol.